The van der Waals surface area contributed by atoms with Crippen LogP contribution < -0.4 is 34.2 Å². The van der Waals surface area contributed by atoms with Gasteiger partial charge in [-0.1, -0.05) is 0 Å². The van der Waals surface area contributed by atoms with Crippen molar-refractivity contribution in [1.29, 1.82) is 0 Å². The average Bonchev–Trinajstić information content (AvgIpc) is 1.59. The normalized spacial score (nSPS) is 29.5. The maximum Gasteiger partial charge on any atom is 0.472 e. The van der Waals surface area contributed by atoms with E-state index >= 15 is 0 Å². The van der Waals surface area contributed by atoms with Gasteiger partial charge in [0.2, 0.25) is 0 Å². The lowest BCUT2D eigenvalue weighted by molar-refractivity contribution is -0.0634. The number of phosphoric ester groups is 4. The van der Waals surface area contributed by atoms with E-state index in [2.05, 4.69) is 64.8 Å². The van der Waals surface area contributed by atoms with Crippen molar-refractivity contribution in [3.8, 4) is 0 Å². The Morgan fingerprint density at radius 1 is 0.446 bits per heavy atom. The van der Waals surface area contributed by atoms with Gasteiger partial charge < -0.3 is 76.4 Å². The van der Waals surface area contributed by atoms with Crippen molar-refractivity contribution in [3.05, 3.63) is 83.2 Å². The number of nitrogens with two attached hydrogens (primary N) is 4. The Hall–Kier alpha value is -7.76. The summed E-state index contributed by atoms with van der Waals surface area (Å²) < 4.78 is 138. The lowest BCUT2D eigenvalue weighted by Gasteiger charge is -2.25. The number of aromatic nitrogens is 18. The molecular formula is C50H62N22O25P4. The minimum absolute atomic E-state index is 0.00121. The maximum atomic E-state index is 14.3. The first-order valence-electron chi connectivity index (χ1n) is 30.4. The Kier molecular flexibility index (Phi) is 19.3. The molecule has 5 aliphatic rings. The number of nitrogen functional groups attached to an aromatic ring is 4. The van der Waals surface area contributed by atoms with Crippen LogP contribution in [0.3, 0.4) is 0 Å². The van der Waals surface area contributed by atoms with Gasteiger partial charge in [-0.25, -0.2) is 82.9 Å². The number of rotatable bonds is 26. The molecule has 47 nitrogen and oxygen atoms in total. The highest BCUT2D eigenvalue weighted by Gasteiger charge is 2.50. The Bertz CT molecular complexity index is 4910. The van der Waals surface area contributed by atoms with Crippen LogP contribution in [0.25, 0.3) is 44.7 Å². The molecule has 9 aromatic heterocycles. The third-order valence-electron chi connectivity index (χ3n) is 17.0. The van der Waals surface area contributed by atoms with Crippen molar-refractivity contribution in [2.75, 3.05) is 56.0 Å². The summed E-state index contributed by atoms with van der Waals surface area (Å²) in [5.41, 5.74) is 24.2. The molecule has 0 aliphatic carbocycles. The summed E-state index contributed by atoms with van der Waals surface area (Å²) in [6.07, 6.45) is -10.2. The van der Waals surface area contributed by atoms with Crippen LogP contribution in [0.4, 0.5) is 23.3 Å². The Morgan fingerprint density at radius 2 is 0.733 bits per heavy atom. The second-order valence-electron chi connectivity index (χ2n) is 23.5. The highest BCUT2D eigenvalue weighted by atomic mass is 31.2. The summed E-state index contributed by atoms with van der Waals surface area (Å²) in [5.74, 6) is 0.0504. The number of nitrogens with zero attached hydrogens (tertiary/aromatic N) is 17. The van der Waals surface area contributed by atoms with E-state index in [9.17, 15) is 57.6 Å². The van der Waals surface area contributed by atoms with Crippen LogP contribution in [0.15, 0.2) is 66.4 Å². The summed E-state index contributed by atoms with van der Waals surface area (Å²) >= 11 is 0. The molecule has 14 heterocycles. The van der Waals surface area contributed by atoms with Gasteiger partial charge in [-0.15, -0.1) is 0 Å². The predicted octanol–water partition coefficient (Wildman–Crippen LogP) is -0.667. The maximum absolute atomic E-state index is 14.3. The summed E-state index contributed by atoms with van der Waals surface area (Å²) in [6.45, 7) is -2.75. The number of H-pyrrole nitrogens is 1. The molecule has 51 heteroatoms. The van der Waals surface area contributed by atoms with Crippen molar-refractivity contribution in [3.63, 3.8) is 0 Å². The quantitative estimate of drug-likeness (QED) is 0.0300. The smallest absolute Gasteiger partial charge is 0.394 e. The average molecular weight is 1500 g/mol. The predicted molar refractivity (Wildman–Crippen MR) is 333 cm³/mol. The second-order valence-corrected chi connectivity index (χ2v) is 29.1. The van der Waals surface area contributed by atoms with E-state index in [1.165, 1.54) is 63.0 Å². The van der Waals surface area contributed by atoms with E-state index in [1.807, 2.05) is 0 Å². The number of phosphoric acid groups is 4. The molecule has 542 valence electrons. The highest BCUT2D eigenvalue weighted by molar-refractivity contribution is 7.48. The number of aryl methyl sites for hydroxylation is 1. The number of fused-ring (bicyclic) bond motifs is 4. The van der Waals surface area contributed by atoms with E-state index in [0.29, 0.717) is 0 Å². The van der Waals surface area contributed by atoms with Crippen LogP contribution in [-0.2, 0) is 78.1 Å². The molecule has 15 N–H and O–H groups in total. The number of aliphatic hydroxyl groups excluding tert-OH is 2. The number of imidazole rings is 4. The van der Waals surface area contributed by atoms with Crippen molar-refractivity contribution < 1.29 is 108 Å². The lowest BCUT2D eigenvalue weighted by Crippen LogP contribution is -2.33. The summed E-state index contributed by atoms with van der Waals surface area (Å²) in [7, 11) is -21.2. The molecule has 0 aromatic carbocycles. The van der Waals surface area contributed by atoms with Crippen LogP contribution in [-0.4, -0.2) is 211 Å². The zero-order valence-corrected chi connectivity index (χ0v) is 55.6. The lowest BCUT2D eigenvalue weighted by atomic mass is 10.2. The third kappa shape index (κ3) is 14.7. The first-order valence-corrected chi connectivity index (χ1v) is 36.4. The minimum Gasteiger partial charge on any atom is -0.394 e. The number of aromatic amines is 1. The van der Waals surface area contributed by atoms with Crippen LogP contribution in [0.2, 0.25) is 0 Å². The summed E-state index contributed by atoms with van der Waals surface area (Å²) in [6, 6.07) is 0. The molecule has 5 fully saturated rings. The van der Waals surface area contributed by atoms with Gasteiger partial charge in [0, 0.05) is 43.9 Å². The fraction of sp³-hybridized carbons (Fsp3) is 0.520. The summed E-state index contributed by atoms with van der Waals surface area (Å²) in [4.78, 5) is 122. The van der Waals surface area contributed by atoms with Crippen LogP contribution in [0, 0.1) is 6.92 Å². The standard InChI is InChI=1S/C50H62N22O25P4/c1-21-7-68(50(76)67-49(21)75)32-2-22(74)28(90-32)9-85-98(77,78)95-24-4-34(70-18-64-38-42(52)56-14-60-46(38)70)92-30(24)11-87-100(81,82)97-26-6-36(72-20-66-40-44(54)58-16-62-48(40)72)93-31(26)12-88-101(83,84)96-25-5-35(71-19-65-39-43(53)57-15-61-47(39)71)91-29(25)10-86-99(79,80)94-23-3-33(89-27(23)8-73)69-17-63-37-41(51)55-13-59-45(37)69/h7,13-20,22-36,73-74H,2-6,8-12H2,1H3,(H,77,78)(H,79,80)(H,81,82)(H,83,84)(H2,51,55,59)(H2,52,56,60)(H2,53,57,61)(H2,54,58,62)(H,67,75,76)/t22?,23?,24?,25?,26?,27-,28-,29-,30-,31-,32-,33-,34-,35-,36-/m1/s1. The number of ether oxygens (including phenoxy) is 5. The fourth-order valence-electron chi connectivity index (χ4n) is 12.2. The molecule has 5 aliphatic heterocycles. The molecule has 0 saturated carbocycles. The number of aliphatic hydroxyl groups is 2. The van der Waals surface area contributed by atoms with E-state index in [0.717, 1.165) is 23.5 Å². The van der Waals surface area contributed by atoms with Gasteiger partial charge in [0.1, 0.15) is 133 Å². The van der Waals surface area contributed by atoms with Crippen molar-refractivity contribution in [1.82, 2.24) is 87.6 Å². The Morgan fingerprint density at radius 3 is 1.06 bits per heavy atom. The molecular weight excluding hydrogens is 1430 g/mol. The van der Waals surface area contributed by atoms with Gasteiger partial charge in [0.15, 0.2) is 45.9 Å². The SMILES string of the molecule is Cc1cn([C@H]2CC(O)[C@@H](COP(=O)(O)OC3C[C@H](n4cnc5c(N)ncnc54)O[C@@H]3COP(=O)(O)OC3C[C@H](n4cnc5c(N)ncnc54)O[C@@H]3COP(=O)(O)OC3C[C@H](n4cnc5c(N)ncnc54)O[C@@H]3COP(=O)(O)OC3C[C@H](n4cnc5c(N)ncnc54)O[C@@H]3CO)O2)c(=O)[nH]c1=O. The number of anilines is 4. The van der Waals surface area contributed by atoms with Crippen molar-refractivity contribution in [2.45, 2.75) is 131 Å². The fourth-order valence-corrected chi connectivity index (χ4v) is 16.0. The first kappa shape index (κ1) is 70.3. The van der Waals surface area contributed by atoms with Crippen molar-refractivity contribution >= 4 is 99.2 Å². The highest BCUT2D eigenvalue weighted by Crippen LogP contribution is 2.55. The number of hydrogen-bond acceptors (Lipinski definition) is 37. The topological polar surface area (TPSA) is 643 Å². The van der Waals surface area contributed by atoms with Gasteiger partial charge in [-0.2, -0.15) is 0 Å². The molecule has 101 heavy (non-hydrogen) atoms. The number of hydrogen-bond donors (Lipinski definition) is 11. The molecule has 5 saturated heterocycles. The van der Waals surface area contributed by atoms with Crippen LogP contribution >= 0.6 is 31.3 Å². The molecule has 0 spiro atoms. The van der Waals surface area contributed by atoms with Crippen molar-refractivity contribution in [2.24, 2.45) is 0 Å². The molecule has 9 aromatic rings. The van der Waals surface area contributed by atoms with Gasteiger partial charge in [-0.05, 0) is 6.92 Å². The van der Waals surface area contributed by atoms with Gasteiger partial charge in [0.05, 0.1) is 64.4 Å². The van der Waals surface area contributed by atoms with E-state index in [-0.39, 0.29) is 106 Å². The first-order chi connectivity index (χ1) is 48.2. The van der Waals surface area contributed by atoms with Gasteiger partial charge in [-0.3, -0.25) is 68.8 Å². The Balaban J connectivity index is 0.669. The summed E-state index contributed by atoms with van der Waals surface area (Å²) in [5, 5.41) is 21.1. The number of nitrogens with one attached hydrogen (secondary N) is 1. The van der Waals surface area contributed by atoms with E-state index in [4.69, 9.17) is 82.8 Å². The Labute approximate surface area is 563 Å². The molecule has 0 amide bonds. The van der Waals surface area contributed by atoms with E-state index < -0.39 is 168 Å². The third-order valence-corrected chi connectivity index (χ3v) is 21.1. The monoisotopic (exact) mass is 1490 g/mol. The van der Waals surface area contributed by atoms with Crippen LogP contribution in [0.1, 0.15) is 68.8 Å². The van der Waals surface area contributed by atoms with Gasteiger partial charge in [0.25, 0.3) is 5.56 Å². The van der Waals surface area contributed by atoms with E-state index in [1.54, 1.807) is 0 Å². The second kappa shape index (κ2) is 27.8. The molecule has 19 atom stereocenters. The minimum atomic E-state index is -5.43. The van der Waals surface area contributed by atoms with Crippen LogP contribution in [0.5, 0.6) is 0 Å². The molecule has 0 bridgehead atoms. The zero-order valence-electron chi connectivity index (χ0n) is 52.1. The zero-order chi connectivity index (χ0) is 71.0. The molecule has 9 unspecified atom stereocenters. The molecule has 0 radical (unpaired) electrons. The largest absolute Gasteiger partial charge is 0.472 e. The molecule has 14 rings (SSSR count). The van der Waals surface area contributed by atoms with Gasteiger partial charge >= 0.3 is 37.0 Å².